The van der Waals surface area contributed by atoms with Gasteiger partial charge in [-0.2, -0.15) is 5.10 Å². The molecular formula is C17H17BrN2O4. The van der Waals surface area contributed by atoms with E-state index in [-0.39, 0.29) is 12.5 Å². The summed E-state index contributed by atoms with van der Waals surface area (Å²) in [5.74, 6) is 1.53. The van der Waals surface area contributed by atoms with Gasteiger partial charge >= 0.3 is 0 Å². The number of halogens is 1. The number of carbonyl (C=O) groups excluding carboxylic acids is 1. The van der Waals surface area contributed by atoms with Crippen molar-refractivity contribution < 1.29 is 19.0 Å². The van der Waals surface area contributed by atoms with E-state index in [1.165, 1.54) is 6.21 Å². The van der Waals surface area contributed by atoms with Crippen LogP contribution in [0.2, 0.25) is 0 Å². The lowest BCUT2D eigenvalue weighted by Gasteiger charge is -2.06. The summed E-state index contributed by atoms with van der Waals surface area (Å²) < 4.78 is 16.6. The molecule has 0 radical (unpaired) electrons. The van der Waals surface area contributed by atoms with Gasteiger partial charge in [0.15, 0.2) is 6.61 Å². The van der Waals surface area contributed by atoms with Crippen LogP contribution in [0.5, 0.6) is 17.2 Å². The number of hydrogen-bond acceptors (Lipinski definition) is 5. The number of hydrazone groups is 1. The van der Waals surface area contributed by atoms with Crippen LogP contribution in [0.25, 0.3) is 0 Å². The van der Waals surface area contributed by atoms with Crippen molar-refractivity contribution in [2.24, 2.45) is 5.10 Å². The highest BCUT2D eigenvalue weighted by atomic mass is 79.9. The van der Waals surface area contributed by atoms with Crippen LogP contribution in [0.15, 0.2) is 52.0 Å². The molecule has 0 aliphatic rings. The van der Waals surface area contributed by atoms with Gasteiger partial charge in [0.25, 0.3) is 5.91 Å². The molecule has 0 aliphatic carbocycles. The molecule has 1 amide bonds. The molecule has 1 N–H and O–H groups in total. The zero-order chi connectivity index (χ0) is 17.4. The number of hydrogen-bond donors (Lipinski definition) is 1. The topological polar surface area (TPSA) is 69.2 Å². The average molecular weight is 393 g/mol. The molecule has 7 heteroatoms. The molecule has 0 saturated carbocycles. The van der Waals surface area contributed by atoms with Gasteiger partial charge in [-0.15, -0.1) is 0 Å². The van der Waals surface area contributed by atoms with Crippen molar-refractivity contribution in [2.75, 3.05) is 20.8 Å². The second-order valence-electron chi connectivity index (χ2n) is 4.68. The van der Waals surface area contributed by atoms with Gasteiger partial charge in [-0.1, -0.05) is 15.9 Å². The Morgan fingerprint density at radius 2 is 1.71 bits per heavy atom. The first-order chi connectivity index (χ1) is 11.6. The summed E-state index contributed by atoms with van der Waals surface area (Å²) in [6, 6.07) is 12.5. The van der Waals surface area contributed by atoms with E-state index < -0.39 is 0 Å². The fraction of sp³-hybridized carbons (Fsp3) is 0.176. The molecule has 6 nitrogen and oxygen atoms in total. The van der Waals surface area contributed by atoms with Crippen LogP contribution < -0.4 is 19.6 Å². The average Bonchev–Trinajstić information content (AvgIpc) is 2.61. The molecule has 0 aromatic heterocycles. The van der Waals surface area contributed by atoms with Crippen molar-refractivity contribution in [3.05, 3.63) is 52.5 Å². The number of rotatable bonds is 7. The van der Waals surface area contributed by atoms with Crippen LogP contribution in [0.4, 0.5) is 0 Å². The first-order valence-electron chi connectivity index (χ1n) is 7.04. The minimum absolute atomic E-state index is 0.125. The maximum atomic E-state index is 11.7. The monoisotopic (exact) mass is 392 g/mol. The highest BCUT2D eigenvalue weighted by Gasteiger charge is 2.02. The lowest BCUT2D eigenvalue weighted by molar-refractivity contribution is -0.123. The zero-order valence-electron chi connectivity index (χ0n) is 13.3. The Morgan fingerprint density at radius 1 is 1.08 bits per heavy atom. The molecule has 24 heavy (non-hydrogen) atoms. The third-order valence-electron chi connectivity index (χ3n) is 2.96. The quantitative estimate of drug-likeness (QED) is 0.580. The Hall–Kier alpha value is -2.54. The molecule has 0 spiro atoms. The van der Waals surface area contributed by atoms with Crippen LogP contribution in [0, 0.1) is 0 Å². The van der Waals surface area contributed by atoms with Crippen molar-refractivity contribution in [3.63, 3.8) is 0 Å². The Bertz CT molecular complexity index is 695. The number of ether oxygens (including phenoxy) is 3. The maximum absolute atomic E-state index is 11.7. The van der Waals surface area contributed by atoms with E-state index in [9.17, 15) is 4.79 Å². The van der Waals surface area contributed by atoms with Gasteiger partial charge in [-0.25, -0.2) is 5.43 Å². The van der Waals surface area contributed by atoms with E-state index in [0.29, 0.717) is 17.2 Å². The zero-order valence-corrected chi connectivity index (χ0v) is 14.9. The van der Waals surface area contributed by atoms with Crippen molar-refractivity contribution >= 4 is 28.1 Å². The minimum Gasteiger partial charge on any atom is -0.497 e. The van der Waals surface area contributed by atoms with E-state index in [1.807, 2.05) is 12.1 Å². The Labute approximate surface area is 148 Å². The van der Waals surface area contributed by atoms with E-state index in [0.717, 1.165) is 10.0 Å². The van der Waals surface area contributed by atoms with Crippen LogP contribution in [-0.2, 0) is 4.79 Å². The normalized spacial score (nSPS) is 10.5. The van der Waals surface area contributed by atoms with Gasteiger partial charge in [0.2, 0.25) is 0 Å². The van der Waals surface area contributed by atoms with Gasteiger partial charge in [-0.3, -0.25) is 4.79 Å². The summed E-state index contributed by atoms with van der Waals surface area (Å²) in [7, 11) is 3.13. The lowest BCUT2D eigenvalue weighted by atomic mass is 10.2. The molecule has 2 rings (SSSR count). The third-order valence-corrected chi connectivity index (χ3v) is 3.49. The molecule has 0 saturated heterocycles. The minimum atomic E-state index is -0.357. The fourth-order valence-electron chi connectivity index (χ4n) is 1.79. The smallest absolute Gasteiger partial charge is 0.277 e. The van der Waals surface area contributed by atoms with Crippen molar-refractivity contribution in [1.29, 1.82) is 0 Å². The number of methoxy groups -OCH3 is 2. The summed E-state index contributed by atoms with van der Waals surface area (Å²) in [5, 5.41) is 3.90. The summed E-state index contributed by atoms with van der Waals surface area (Å²) >= 11 is 3.33. The summed E-state index contributed by atoms with van der Waals surface area (Å²) in [6.07, 6.45) is 1.50. The van der Waals surface area contributed by atoms with Crippen molar-refractivity contribution in [3.8, 4) is 17.2 Å². The number of nitrogens with zero attached hydrogens (tertiary/aromatic N) is 1. The molecule has 0 unspecified atom stereocenters. The highest BCUT2D eigenvalue weighted by molar-refractivity contribution is 9.10. The first-order valence-corrected chi connectivity index (χ1v) is 7.83. The second kappa shape index (κ2) is 8.93. The maximum Gasteiger partial charge on any atom is 0.277 e. The summed E-state index contributed by atoms with van der Waals surface area (Å²) in [6.45, 7) is -0.125. The van der Waals surface area contributed by atoms with Gasteiger partial charge in [-0.05, 0) is 36.4 Å². The third kappa shape index (κ3) is 5.58. The van der Waals surface area contributed by atoms with E-state index in [2.05, 4.69) is 26.5 Å². The number of benzene rings is 2. The van der Waals surface area contributed by atoms with Crippen molar-refractivity contribution in [2.45, 2.75) is 0 Å². The highest BCUT2D eigenvalue weighted by Crippen LogP contribution is 2.21. The molecule has 0 atom stereocenters. The molecule has 0 heterocycles. The van der Waals surface area contributed by atoms with Gasteiger partial charge in [0, 0.05) is 16.1 Å². The fourth-order valence-corrected chi connectivity index (χ4v) is 2.06. The molecule has 2 aromatic rings. The molecule has 0 aliphatic heterocycles. The van der Waals surface area contributed by atoms with Crippen LogP contribution in [0.3, 0.4) is 0 Å². The van der Waals surface area contributed by atoms with E-state index in [4.69, 9.17) is 14.2 Å². The molecule has 0 bridgehead atoms. The van der Waals surface area contributed by atoms with Crippen molar-refractivity contribution in [1.82, 2.24) is 5.43 Å². The SMILES string of the molecule is COc1cc(/C=N\NC(=O)COc2ccc(Br)cc2)cc(OC)c1. The van der Waals surface area contributed by atoms with Gasteiger partial charge < -0.3 is 14.2 Å². The van der Waals surface area contributed by atoms with Gasteiger partial charge in [0.1, 0.15) is 17.2 Å². The Morgan fingerprint density at radius 3 is 2.29 bits per heavy atom. The summed E-state index contributed by atoms with van der Waals surface area (Å²) in [4.78, 5) is 11.7. The van der Waals surface area contributed by atoms with E-state index in [1.54, 1.807) is 44.6 Å². The largest absolute Gasteiger partial charge is 0.497 e. The number of nitrogens with one attached hydrogen (secondary N) is 1. The van der Waals surface area contributed by atoms with Crippen LogP contribution >= 0.6 is 15.9 Å². The number of amides is 1. The van der Waals surface area contributed by atoms with Crippen LogP contribution in [-0.4, -0.2) is 32.9 Å². The molecule has 126 valence electrons. The number of carbonyl (C=O) groups is 1. The van der Waals surface area contributed by atoms with Gasteiger partial charge in [0.05, 0.1) is 20.4 Å². The first kappa shape index (κ1) is 17.8. The Kier molecular flexibility index (Phi) is 6.62. The molecular weight excluding hydrogens is 376 g/mol. The standard InChI is InChI=1S/C17H17BrN2O4/c1-22-15-7-12(8-16(9-15)23-2)10-19-20-17(21)11-24-14-5-3-13(18)4-6-14/h3-10H,11H2,1-2H3,(H,20,21)/b19-10-. The van der Waals surface area contributed by atoms with E-state index >= 15 is 0 Å². The Balaban J connectivity index is 1.86. The molecule has 2 aromatic carbocycles. The second-order valence-corrected chi connectivity index (χ2v) is 5.60. The van der Waals surface area contributed by atoms with Crippen LogP contribution in [0.1, 0.15) is 5.56 Å². The molecule has 0 fully saturated rings. The predicted octanol–water partition coefficient (Wildman–Crippen LogP) is 3.00. The predicted molar refractivity (Wildman–Crippen MR) is 94.9 cm³/mol. The summed E-state index contributed by atoms with van der Waals surface area (Å²) in [5.41, 5.74) is 3.14. The lowest BCUT2D eigenvalue weighted by Crippen LogP contribution is -2.24.